The van der Waals surface area contributed by atoms with Crippen molar-refractivity contribution in [1.29, 1.82) is 0 Å². The van der Waals surface area contributed by atoms with Crippen molar-refractivity contribution in [2.24, 2.45) is 0 Å². The van der Waals surface area contributed by atoms with Crippen LogP contribution < -0.4 is 5.32 Å². The minimum Gasteiger partial charge on any atom is -0.445 e. The van der Waals surface area contributed by atoms with E-state index in [4.69, 9.17) is 4.74 Å². The van der Waals surface area contributed by atoms with Gasteiger partial charge in [0.2, 0.25) is 0 Å². The van der Waals surface area contributed by atoms with E-state index in [1.807, 2.05) is 25.1 Å². The van der Waals surface area contributed by atoms with Gasteiger partial charge < -0.3 is 4.74 Å². The molecule has 1 heterocycles. The maximum Gasteiger partial charge on any atom is 0.411 e. The second kappa shape index (κ2) is 8.03. The molecule has 0 spiro atoms. The Labute approximate surface area is 127 Å². The topological polar surface area (TPSA) is 41.6 Å². The number of rotatable bonds is 5. The number of aryl methyl sites for hydroxylation is 1. The van der Waals surface area contributed by atoms with Crippen molar-refractivity contribution in [3.8, 4) is 0 Å². The van der Waals surface area contributed by atoms with Gasteiger partial charge in [0.05, 0.1) is 0 Å². The molecule has 0 aliphatic carbocycles. The van der Waals surface area contributed by atoms with Crippen LogP contribution in [0.5, 0.6) is 0 Å². The molecule has 1 aliphatic heterocycles. The normalized spacial score (nSPS) is 17.2. The molecule has 2 rings (SSSR count). The lowest BCUT2D eigenvalue weighted by atomic mass is 10.1. The number of carbonyl (C=O) groups is 1. The van der Waals surface area contributed by atoms with E-state index >= 15 is 0 Å². The molecule has 0 saturated carbocycles. The van der Waals surface area contributed by atoms with Gasteiger partial charge in [-0.05, 0) is 57.0 Å². The number of benzene rings is 1. The number of nitrogens with zero attached hydrogens (tertiary/aromatic N) is 1. The maximum absolute atomic E-state index is 11.9. The number of amides is 1. The van der Waals surface area contributed by atoms with Crippen molar-refractivity contribution in [3.05, 3.63) is 29.8 Å². The molecule has 1 aromatic rings. The summed E-state index contributed by atoms with van der Waals surface area (Å²) in [5.74, 6) is 0. The fraction of sp³-hybridized carbons (Fsp3) is 0.588. The van der Waals surface area contributed by atoms with E-state index in [-0.39, 0.29) is 12.2 Å². The summed E-state index contributed by atoms with van der Waals surface area (Å²) in [5, 5.41) is 2.81. The van der Waals surface area contributed by atoms with Crippen molar-refractivity contribution in [3.63, 3.8) is 0 Å². The van der Waals surface area contributed by atoms with Gasteiger partial charge in [-0.1, -0.05) is 25.5 Å². The Morgan fingerprint density at radius 2 is 2.10 bits per heavy atom. The van der Waals surface area contributed by atoms with Crippen LogP contribution in [-0.2, 0) is 11.2 Å². The van der Waals surface area contributed by atoms with E-state index in [2.05, 4.69) is 23.2 Å². The summed E-state index contributed by atoms with van der Waals surface area (Å²) in [5.41, 5.74) is 2.00. The second-order valence-corrected chi connectivity index (χ2v) is 5.76. The fourth-order valence-corrected chi connectivity index (χ4v) is 2.74. The average molecular weight is 290 g/mol. The van der Waals surface area contributed by atoms with E-state index in [0.717, 1.165) is 31.7 Å². The summed E-state index contributed by atoms with van der Waals surface area (Å²) in [4.78, 5) is 14.3. The molecular formula is C17H26N2O2. The first-order valence-corrected chi connectivity index (χ1v) is 7.96. The van der Waals surface area contributed by atoms with E-state index in [0.29, 0.717) is 0 Å². The molecule has 0 bridgehead atoms. The zero-order valence-corrected chi connectivity index (χ0v) is 13.1. The van der Waals surface area contributed by atoms with Crippen molar-refractivity contribution in [2.75, 3.05) is 25.0 Å². The molecule has 0 radical (unpaired) electrons. The van der Waals surface area contributed by atoms with E-state index in [9.17, 15) is 4.79 Å². The third-order valence-electron chi connectivity index (χ3n) is 3.85. The highest BCUT2D eigenvalue weighted by molar-refractivity contribution is 5.84. The molecule has 0 aromatic heterocycles. The number of likely N-dealkylation sites (tertiary alicyclic amines) is 1. The van der Waals surface area contributed by atoms with Gasteiger partial charge in [-0.2, -0.15) is 0 Å². The van der Waals surface area contributed by atoms with Gasteiger partial charge in [-0.3, -0.25) is 10.2 Å². The number of anilines is 1. The molecule has 0 unspecified atom stereocenters. The Kier molecular flexibility index (Phi) is 6.05. The van der Waals surface area contributed by atoms with Gasteiger partial charge in [-0.25, -0.2) is 4.79 Å². The first-order valence-electron chi connectivity index (χ1n) is 7.96. The van der Waals surface area contributed by atoms with Crippen LogP contribution in [0, 0.1) is 0 Å². The minimum atomic E-state index is -0.368. The van der Waals surface area contributed by atoms with E-state index < -0.39 is 0 Å². The molecule has 4 nitrogen and oxygen atoms in total. The largest absolute Gasteiger partial charge is 0.445 e. The first-order chi connectivity index (χ1) is 10.2. The molecule has 1 amide bonds. The number of piperidine rings is 1. The van der Waals surface area contributed by atoms with Crippen LogP contribution >= 0.6 is 0 Å². The summed E-state index contributed by atoms with van der Waals surface area (Å²) in [6, 6.07) is 7.87. The van der Waals surface area contributed by atoms with Crippen LogP contribution in [0.3, 0.4) is 0 Å². The molecule has 4 heteroatoms. The third-order valence-corrected chi connectivity index (χ3v) is 3.85. The average Bonchev–Trinajstić information content (AvgIpc) is 2.48. The zero-order valence-electron chi connectivity index (χ0n) is 13.1. The molecule has 1 atom stereocenters. The summed E-state index contributed by atoms with van der Waals surface area (Å²) >= 11 is 0. The third kappa shape index (κ3) is 5.38. The number of hydrogen-bond acceptors (Lipinski definition) is 3. The molecule has 21 heavy (non-hydrogen) atoms. The highest BCUT2D eigenvalue weighted by Gasteiger charge is 2.16. The van der Waals surface area contributed by atoms with Crippen molar-refractivity contribution < 1.29 is 9.53 Å². The van der Waals surface area contributed by atoms with Gasteiger partial charge in [0, 0.05) is 12.2 Å². The van der Waals surface area contributed by atoms with Crippen molar-refractivity contribution >= 4 is 11.8 Å². The van der Waals surface area contributed by atoms with Crippen LogP contribution in [0.25, 0.3) is 0 Å². The molecule has 1 saturated heterocycles. The summed E-state index contributed by atoms with van der Waals surface area (Å²) < 4.78 is 5.44. The van der Waals surface area contributed by atoms with Gasteiger partial charge in [-0.15, -0.1) is 0 Å². The van der Waals surface area contributed by atoms with Crippen LogP contribution in [-0.4, -0.2) is 36.7 Å². The smallest absolute Gasteiger partial charge is 0.411 e. The SMILES string of the molecule is CCc1cccc(NC(=O)O[C@@H](C)CN2CCCCC2)c1. The lowest BCUT2D eigenvalue weighted by Crippen LogP contribution is -2.37. The van der Waals surface area contributed by atoms with Gasteiger partial charge in [0.15, 0.2) is 0 Å². The van der Waals surface area contributed by atoms with E-state index in [1.165, 1.54) is 24.8 Å². The van der Waals surface area contributed by atoms with Gasteiger partial charge >= 0.3 is 6.09 Å². The lowest BCUT2D eigenvalue weighted by Gasteiger charge is -2.28. The van der Waals surface area contributed by atoms with Gasteiger partial charge in [0.1, 0.15) is 6.10 Å². The van der Waals surface area contributed by atoms with Crippen LogP contribution in [0.15, 0.2) is 24.3 Å². The predicted molar refractivity (Wildman–Crippen MR) is 85.7 cm³/mol. The molecule has 1 N–H and O–H groups in total. The Morgan fingerprint density at radius 3 is 2.81 bits per heavy atom. The van der Waals surface area contributed by atoms with Crippen LogP contribution in [0.2, 0.25) is 0 Å². The monoisotopic (exact) mass is 290 g/mol. The molecule has 1 aliphatic rings. The number of ether oxygens (including phenoxy) is 1. The number of hydrogen-bond donors (Lipinski definition) is 1. The molecular weight excluding hydrogens is 264 g/mol. The summed E-state index contributed by atoms with van der Waals surface area (Å²) in [6.07, 6.45) is 4.33. The highest BCUT2D eigenvalue weighted by atomic mass is 16.6. The second-order valence-electron chi connectivity index (χ2n) is 5.76. The van der Waals surface area contributed by atoms with Gasteiger partial charge in [0.25, 0.3) is 0 Å². The molecule has 1 fully saturated rings. The Morgan fingerprint density at radius 1 is 1.33 bits per heavy atom. The van der Waals surface area contributed by atoms with Crippen LogP contribution in [0.1, 0.15) is 38.7 Å². The van der Waals surface area contributed by atoms with Crippen molar-refractivity contribution in [2.45, 2.75) is 45.6 Å². The van der Waals surface area contributed by atoms with Crippen molar-refractivity contribution in [1.82, 2.24) is 4.90 Å². The molecule has 1 aromatic carbocycles. The Hall–Kier alpha value is -1.55. The van der Waals surface area contributed by atoms with Crippen LogP contribution in [0.4, 0.5) is 10.5 Å². The number of nitrogens with one attached hydrogen (secondary N) is 1. The zero-order chi connectivity index (χ0) is 15.1. The van der Waals surface area contributed by atoms with E-state index in [1.54, 1.807) is 0 Å². The lowest BCUT2D eigenvalue weighted by molar-refractivity contribution is 0.0833. The fourth-order valence-electron chi connectivity index (χ4n) is 2.74. The predicted octanol–water partition coefficient (Wildman–Crippen LogP) is 3.67. The maximum atomic E-state index is 11.9. The quantitative estimate of drug-likeness (QED) is 0.899. The summed E-state index contributed by atoms with van der Waals surface area (Å²) in [7, 11) is 0. The minimum absolute atomic E-state index is 0.0857. The summed E-state index contributed by atoms with van der Waals surface area (Å²) in [6.45, 7) is 7.11. The molecule has 116 valence electrons. The first kappa shape index (κ1) is 15.8. The highest BCUT2D eigenvalue weighted by Crippen LogP contribution is 2.13. The Bertz CT molecular complexity index is 456. The Balaban J connectivity index is 1.77. The standard InChI is InChI=1S/C17H26N2O2/c1-3-15-8-7-9-16(12-15)18-17(20)21-14(2)13-19-10-5-4-6-11-19/h7-9,12,14H,3-6,10-11,13H2,1-2H3,(H,18,20)/t14-/m0/s1. The number of carbonyl (C=O) groups excluding carboxylic acids is 1.